The van der Waals surface area contributed by atoms with Crippen molar-refractivity contribution in [1.29, 1.82) is 5.41 Å². The van der Waals surface area contributed by atoms with Crippen molar-refractivity contribution in [2.24, 2.45) is 5.73 Å². The van der Waals surface area contributed by atoms with Gasteiger partial charge in [0.2, 0.25) is 5.91 Å². The second kappa shape index (κ2) is 17.9. The molecule has 1 aliphatic rings. The summed E-state index contributed by atoms with van der Waals surface area (Å²) in [7, 11) is 0. The van der Waals surface area contributed by atoms with Gasteiger partial charge in [0.15, 0.2) is 0 Å². The molecule has 0 aliphatic carbocycles. The maximum Gasteiger partial charge on any atom is 0.490 e. The zero-order valence-electron chi connectivity index (χ0n) is 28.4. The molecule has 0 saturated carbocycles. The van der Waals surface area contributed by atoms with E-state index in [1.54, 1.807) is 83.8 Å². The number of fused-ring (bicyclic) bond motifs is 1. The number of esters is 1. The minimum absolute atomic E-state index is 0.105. The number of carboxylic acid groups (broad SMARTS) is 1. The summed E-state index contributed by atoms with van der Waals surface area (Å²) >= 11 is 1.57. The zero-order chi connectivity index (χ0) is 38.7. The van der Waals surface area contributed by atoms with Gasteiger partial charge < -0.3 is 31.1 Å². The van der Waals surface area contributed by atoms with Gasteiger partial charge in [-0.2, -0.15) is 13.2 Å². The van der Waals surface area contributed by atoms with Crippen molar-refractivity contribution in [3.05, 3.63) is 123 Å². The quantitative estimate of drug-likeness (QED) is 0.0808. The van der Waals surface area contributed by atoms with E-state index in [0.717, 1.165) is 20.9 Å². The Morgan fingerprint density at radius 3 is 2.13 bits per heavy atom. The highest BCUT2D eigenvalue weighted by Crippen LogP contribution is 2.29. The maximum atomic E-state index is 14.0. The Morgan fingerprint density at radius 1 is 0.943 bits per heavy atom. The molecule has 0 saturated heterocycles. The molecule has 2 heterocycles. The van der Waals surface area contributed by atoms with E-state index in [9.17, 15) is 32.3 Å². The van der Waals surface area contributed by atoms with Crippen LogP contribution >= 0.6 is 11.3 Å². The number of rotatable bonds is 11. The molecule has 1 unspecified atom stereocenters. The minimum Gasteiger partial charge on any atom is -0.475 e. The minimum atomic E-state index is -5.08. The van der Waals surface area contributed by atoms with Crippen LogP contribution in [0.15, 0.2) is 84.9 Å². The van der Waals surface area contributed by atoms with Gasteiger partial charge in [-0.25, -0.2) is 4.79 Å². The molecule has 3 aromatic carbocycles. The van der Waals surface area contributed by atoms with Crippen molar-refractivity contribution in [3.63, 3.8) is 0 Å². The number of anilines is 1. The number of amides is 3. The molecular formula is C37H36F3N5O7S. The highest BCUT2D eigenvalue weighted by atomic mass is 32.1. The number of amidine groups is 1. The second-order valence-electron chi connectivity index (χ2n) is 11.7. The van der Waals surface area contributed by atoms with E-state index in [-0.39, 0.29) is 36.5 Å². The van der Waals surface area contributed by atoms with Gasteiger partial charge in [-0.3, -0.25) is 24.6 Å². The fourth-order valence-corrected chi connectivity index (χ4v) is 6.40. The van der Waals surface area contributed by atoms with Crippen LogP contribution in [0.25, 0.3) is 0 Å². The molecule has 53 heavy (non-hydrogen) atoms. The number of nitrogens with zero attached hydrogens (tertiary/aromatic N) is 1. The third-order valence-corrected chi connectivity index (χ3v) is 9.08. The Kier molecular flexibility index (Phi) is 13.5. The number of alkyl halides is 3. The molecule has 5 rings (SSSR count). The van der Waals surface area contributed by atoms with Crippen LogP contribution < -0.4 is 16.4 Å². The van der Waals surface area contributed by atoms with Crippen LogP contribution in [0.1, 0.15) is 54.1 Å². The first-order valence-electron chi connectivity index (χ1n) is 16.2. The van der Waals surface area contributed by atoms with Crippen LogP contribution in [0.2, 0.25) is 0 Å². The van der Waals surface area contributed by atoms with Gasteiger partial charge in [0.25, 0.3) is 11.8 Å². The zero-order valence-corrected chi connectivity index (χ0v) is 29.2. The second-order valence-corrected chi connectivity index (χ2v) is 12.9. The van der Waals surface area contributed by atoms with Gasteiger partial charge >= 0.3 is 18.1 Å². The van der Waals surface area contributed by atoms with Gasteiger partial charge in [-0.05, 0) is 66.9 Å². The Balaban J connectivity index is 0.000000815. The number of halogens is 3. The van der Waals surface area contributed by atoms with Crippen molar-refractivity contribution in [1.82, 2.24) is 10.2 Å². The number of thiophene rings is 1. The molecule has 1 aromatic heterocycles. The highest BCUT2D eigenvalue weighted by molar-refractivity contribution is 7.12. The SMILES string of the molecule is CCOC(=O)Cc1cc2c(s1)CCN(C(=O)C(Cc1ccc(NC(=O)c3ccccc3)cc1)NC(=O)c1ccc(C(=N)N)cc1)C2.O=C(O)C(F)(F)F. The molecule has 0 spiro atoms. The first-order chi connectivity index (χ1) is 25.1. The lowest BCUT2D eigenvalue weighted by Gasteiger charge is -2.31. The average molecular weight is 752 g/mol. The smallest absolute Gasteiger partial charge is 0.475 e. The van der Waals surface area contributed by atoms with Gasteiger partial charge in [-0.1, -0.05) is 42.5 Å². The number of aliphatic carboxylic acids is 1. The third-order valence-electron chi connectivity index (χ3n) is 7.84. The van der Waals surface area contributed by atoms with Crippen molar-refractivity contribution in [2.45, 2.75) is 44.9 Å². The van der Waals surface area contributed by atoms with E-state index in [0.29, 0.717) is 48.5 Å². The van der Waals surface area contributed by atoms with Crippen molar-refractivity contribution in [2.75, 3.05) is 18.5 Å². The predicted molar refractivity (Wildman–Crippen MR) is 191 cm³/mol. The molecular weight excluding hydrogens is 715 g/mol. The summed E-state index contributed by atoms with van der Waals surface area (Å²) in [5, 5.41) is 20.5. The number of carbonyl (C=O) groups is 5. The molecule has 6 N–H and O–H groups in total. The first kappa shape index (κ1) is 39.8. The number of hydrogen-bond acceptors (Lipinski definition) is 8. The lowest BCUT2D eigenvalue weighted by molar-refractivity contribution is -0.192. The van der Waals surface area contributed by atoms with Crippen LogP contribution in [0.5, 0.6) is 0 Å². The Morgan fingerprint density at radius 2 is 1.55 bits per heavy atom. The summed E-state index contributed by atoms with van der Waals surface area (Å²) in [5.74, 6) is -4.02. The van der Waals surface area contributed by atoms with E-state index >= 15 is 0 Å². The molecule has 12 nitrogen and oxygen atoms in total. The van der Waals surface area contributed by atoms with Crippen molar-refractivity contribution < 1.29 is 47.0 Å². The fourth-order valence-electron chi connectivity index (χ4n) is 5.24. The van der Waals surface area contributed by atoms with E-state index in [4.69, 9.17) is 25.8 Å². The molecule has 16 heteroatoms. The van der Waals surface area contributed by atoms with Crippen LogP contribution in [0.4, 0.5) is 18.9 Å². The summed E-state index contributed by atoms with van der Waals surface area (Å²) in [6, 6.07) is 23.5. The molecule has 1 atom stereocenters. The number of ether oxygens (including phenoxy) is 1. The largest absolute Gasteiger partial charge is 0.490 e. The third kappa shape index (κ3) is 11.5. The van der Waals surface area contributed by atoms with E-state index in [2.05, 4.69) is 10.6 Å². The lowest BCUT2D eigenvalue weighted by Crippen LogP contribution is -2.50. The van der Waals surface area contributed by atoms with Crippen LogP contribution in [0.3, 0.4) is 0 Å². The summed E-state index contributed by atoms with van der Waals surface area (Å²) in [4.78, 5) is 64.6. The maximum absolute atomic E-state index is 14.0. The van der Waals surface area contributed by atoms with Gasteiger partial charge in [-0.15, -0.1) is 11.3 Å². The lowest BCUT2D eigenvalue weighted by atomic mass is 10.0. The number of carboxylic acids is 1. The number of nitrogens with one attached hydrogen (secondary N) is 3. The summed E-state index contributed by atoms with van der Waals surface area (Å²) < 4.78 is 36.8. The highest BCUT2D eigenvalue weighted by Gasteiger charge is 2.38. The number of benzene rings is 3. The topological polar surface area (TPSA) is 192 Å². The first-order valence-corrected chi connectivity index (χ1v) is 17.0. The number of carbonyl (C=O) groups excluding carboxylic acids is 4. The monoisotopic (exact) mass is 751 g/mol. The predicted octanol–water partition coefficient (Wildman–Crippen LogP) is 4.95. The van der Waals surface area contributed by atoms with Crippen LogP contribution in [0, 0.1) is 5.41 Å². The van der Waals surface area contributed by atoms with Crippen LogP contribution in [-0.2, 0) is 44.9 Å². The molecule has 3 amide bonds. The van der Waals surface area contributed by atoms with Crippen molar-refractivity contribution in [3.8, 4) is 0 Å². The Bertz CT molecular complexity index is 1950. The molecule has 278 valence electrons. The Hall–Kier alpha value is -6.03. The standard InChI is InChI=1S/C35H35N5O5S.C2HF3O2/c1-2-45-31(41)20-28-19-26-21-40(17-16-30(26)46-28)35(44)29(39-34(43)25-12-10-23(11-13-25)32(36)37)18-22-8-14-27(15-9-22)38-33(42)24-6-4-3-5-7-24;3-2(4,5)1(6)7/h3-15,19,29H,2,16-18,20-21H2,1H3,(H3,36,37)(H,38,42)(H,39,43);(H,6,7). The molecule has 0 radical (unpaired) electrons. The van der Waals surface area contributed by atoms with Gasteiger partial charge in [0.05, 0.1) is 13.0 Å². The molecule has 1 aliphatic heterocycles. The van der Waals surface area contributed by atoms with E-state index in [1.807, 2.05) is 24.3 Å². The number of nitrogens with two attached hydrogens (primary N) is 1. The number of hydrogen-bond donors (Lipinski definition) is 5. The van der Waals surface area contributed by atoms with E-state index in [1.165, 1.54) is 0 Å². The van der Waals surface area contributed by atoms with Gasteiger partial charge in [0.1, 0.15) is 11.9 Å². The molecule has 4 aromatic rings. The van der Waals surface area contributed by atoms with Crippen molar-refractivity contribution >= 4 is 52.5 Å². The summed E-state index contributed by atoms with van der Waals surface area (Å²) in [6.07, 6.45) is -4.01. The normalized spacial score (nSPS) is 12.6. The summed E-state index contributed by atoms with van der Waals surface area (Å²) in [6.45, 7) is 2.95. The Labute approximate surface area is 306 Å². The fraction of sp³-hybridized carbons (Fsp3) is 0.243. The average Bonchev–Trinajstić information content (AvgIpc) is 3.53. The summed E-state index contributed by atoms with van der Waals surface area (Å²) in [5.41, 5.74) is 9.32. The molecule has 0 fully saturated rings. The van der Waals surface area contributed by atoms with Crippen LogP contribution in [-0.4, -0.2) is 70.9 Å². The molecule has 0 bridgehead atoms. The van der Waals surface area contributed by atoms with Gasteiger partial charge in [0, 0.05) is 51.6 Å². The number of nitrogen functional groups attached to an aromatic ring is 1. The van der Waals surface area contributed by atoms with E-state index < -0.39 is 24.1 Å².